The van der Waals surface area contributed by atoms with Crippen LogP contribution in [0.4, 0.5) is 0 Å². The molecule has 0 aromatic rings. The third kappa shape index (κ3) is 4.28. The van der Waals surface area contributed by atoms with Gasteiger partial charge in [0, 0.05) is 12.1 Å². The lowest BCUT2D eigenvalue weighted by Crippen LogP contribution is -2.53. The molecule has 1 rings (SSSR count). The third-order valence-electron chi connectivity index (χ3n) is 3.45. The summed E-state index contributed by atoms with van der Waals surface area (Å²) in [7, 11) is 0. The Morgan fingerprint density at radius 1 is 1.35 bits per heavy atom. The monoisotopic (exact) mass is 241 g/mol. The number of amides is 1. The van der Waals surface area contributed by atoms with Crippen LogP contribution in [-0.4, -0.2) is 48.6 Å². The summed E-state index contributed by atoms with van der Waals surface area (Å²) in [5.74, 6) is 0.153. The van der Waals surface area contributed by atoms with Crippen molar-refractivity contribution in [2.75, 3.05) is 19.6 Å². The van der Waals surface area contributed by atoms with Crippen molar-refractivity contribution in [2.24, 2.45) is 0 Å². The topological polar surface area (TPSA) is 44.4 Å². The van der Waals surface area contributed by atoms with Crippen molar-refractivity contribution in [3.05, 3.63) is 0 Å². The van der Waals surface area contributed by atoms with E-state index in [9.17, 15) is 4.79 Å². The van der Waals surface area contributed by atoms with Gasteiger partial charge in [-0.15, -0.1) is 0 Å². The molecule has 0 radical (unpaired) electrons. The third-order valence-corrected chi connectivity index (χ3v) is 3.45. The lowest BCUT2D eigenvalue weighted by molar-refractivity contribution is -0.127. The quantitative estimate of drug-likeness (QED) is 0.754. The molecule has 1 aliphatic heterocycles. The highest BCUT2D eigenvalue weighted by Crippen LogP contribution is 2.15. The molecule has 1 saturated heterocycles. The highest BCUT2D eigenvalue weighted by atomic mass is 16.2. The molecule has 0 aromatic carbocycles. The van der Waals surface area contributed by atoms with Gasteiger partial charge >= 0.3 is 0 Å². The Kier molecular flexibility index (Phi) is 5.92. The Morgan fingerprint density at radius 2 is 1.94 bits per heavy atom. The Balaban J connectivity index is 2.55. The molecule has 0 bridgehead atoms. The van der Waals surface area contributed by atoms with E-state index in [4.69, 9.17) is 0 Å². The van der Waals surface area contributed by atoms with E-state index in [1.54, 1.807) is 0 Å². The van der Waals surface area contributed by atoms with Crippen molar-refractivity contribution in [3.8, 4) is 0 Å². The Hall–Kier alpha value is -0.610. The maximum atomic E-state index is 12.0. The number of nitrogens with one attached hydrogen (secondary N) is 2. The number of rotatable bonds is 5. The number of nitrogens with zero attached hydrogens (tertiary/aromatic N) is 1. The number of hydrogen-bond acceptors (Lipinski definition) is 3. The number of likely N-dealkylation sites (N-methyl/N-ethyl adjacent to an activating group) is 1. The van der Waals surface area contributed by atoms with Crippen LogP contribution in [0.1, 0.15) is 40.5 Å². The van der Waals surface area contributed by atoms with Crippen molar-refractivity contribution in [1.82, 2.24) is 15.5 Å². The minimum atomic E-state index is -0.0227. The van der Waals surface area contributed by atoms with Gasteiger partial charge in [-0.2, -0.15) is 0 Å². The SMILES string of the molecule is CCN(C1CCNCC1)C(C)C(=O)NC(C)C. The normalized spacial score (nSPS) is 19.6. The molecule has 1 fully saturated rings. The van der Waals surface area contributed by atoms with Crippen LogP contribution in [0.25, 0.3) is 0 Å². The standard InChI is InChI=1S/C13H27N3O/c1-5-16(12-6-8-14-9-7-12)11(4)13(17)15-10(2)3/h10-12,14H,5-9H2,1-4H3,(H,15,17). The van der Waals surface area contributed by atoms with E-state index in [1.165, 1.54) is 0 Å². The first kappa shape index (κ1) is 14.5. The summed E-state index contributed by atoms with van der Waals surface area (Å²) in [6, 6.07) is 0.747. The fourth-order valence-electron chi connectivity index (χ4n) is 2.54. The lowest BCUT2D eigenvalue weighted by atomic mass is 10.0. The van der Waals surface area contributed by atoms with Crippen LogP contribution >= 0.6 is 0 Å². The minimum absolute atomic E-state index is 0.0227. The largest absolute Gasteiger partial charge is 0.353 e. The second-order valence-corrected chi connectivity index (χ2v) is 5.15. The van der Waals surface area contributed by atoms with Crippen LogP contribution in [0.2, 0.25) is 0 Å². The van der Waals surface area contributed by atoms with E-state index in [2.05, 4.69) is 22.5 Å². The van der Waals surface area contributed by atoms with Crippen molar-refractivity contribution < 1.29 is 4.79 Å². The molecule has 1 amide bonds. The van der Waals surface area contributed by atoms with E-state index >= 15 is 0 Å². The molecule has 0 aromatic heterocycles. The van der Waals surface area contributed by atoms with Crippen LogP contribution in [0.3, 0.4) is 0 Å². The molecule has 4 nitrogen and oxygen atoms in total. The van der Waals surface area contributed by atoms with E-state index in [0.29, 0.717) is 6.04 Å². The minimum Gasteiger partial charge on any atom is -0.353 e. The summed E-state index contributed by atoms with van der Waals surface area (Å²) < 4.78 is 0. The highest BCUT2D eigenvalue weighted by molar-refractivity contribution is 5.81. The summed E-state index contributed by atoms with van der Waals surface area (Å²) in [5.41, 5.74) is 0. The van der Waals surface area contributed by atoms with E-state index < -0.39 is 0 Å². The average Bonchev–Trinajstić information content (AvgIpc) is 2.30. The summed E-state index contributed by atoms with van der Waals surface area (Å²) in [5, 5.41) is 6.37. The van der Waals surface area contributed by atoms with Crippen LogP contribution < -0.4 is 10.6 Å². The molecule has 1 unspecified atom stereocenters. The second-order valence-electron chi connectivity index (χ2n) is 5.15. The van der Waals surface area contributed by atoms with Crippen molar-refractivity contribution in [3.63, 3.8) is 0 Å². The Morgan fingerprint density at radius 3 is 2.41 bits per heavy atom. The van der Waals surface area contributed by atoms with Crippen molar-refractivity contribution >= 4 is 5.91 Å². The van der Waals surface area contributed by atoms with Gasteiger partial charge in [-0.05, 0) is 53.2 Å². The fourth-order valence-corrected chi connectivity index (χ4v) is 2.54. The van der Waals surface area contributed by atoms with Gasteiger partial charge in [-0.1, -0.05) is 6.92 Å². The summed E-state index contributed by atoms with van der Waals surface area (Å²) in [6.07, 6.45) is 2.29. The van der Waals surface area contributed by atoms with Gasteiger partial charge in [0.05, 0.1) is 6.04 Å². The van der Waals surface area contributed by atoms with Gasteiger partial charge in [0.2, 0.25) is 5.91 Å². The fraction of sp³-hybridized carbons (Fsp3) is 0.923. The molecule has 4 heteroatoms. The molecular weight excluding hydrogens is 214 g/mol. The smallest absolute Gasteiger partial charge is 0.237 e. The number of carbonyl (C=O) groups excluding carboxylic acids is 1. The molecule has 0 saturated carbocycles. The summed E-state index contributed by atoms with van der Waals surface area (Å²) in [4.78, 5) is 14.4. The van der Waals surface area contributed by atoms with Crippen molar-refractivity contribution in [1.29, 1.82) is 0 Å². The molecule has 1 heterocycles. The zero-order valence-corrected chi connectivity index (χ0v) is 11.6. The van der Waals surface area contributed by atoms with E-state index in [1.807, 2.05) is 20.8 Å². The van der Waals surface area contributed by atoms with Gasteiger partial charge in [-0.3, -0.25) is 9.69 Å². The van der Waals surface area contributed by atoms with Crippen LogP contribution in [0.15, 0.2) is 0 Å². The van der Waals surface area contributed by atoms with Crippen LogP contribution in [0.5, 0.6) is 0 Å². The molecule has 1 atom stereocenters. The summed E-state index contributed by atoms with van der Waals surface area (Å²) >= 11 is 0. The summed E-state index contributed by atoms with van der Waals surface area (Å²) in [6.45, 7) is 11.2. The molecule has 100 valence electrons. The predicted molar refractivity (Wildman–Crippen MR) is 71.0 cm³/mol. The molecule has 1 aliphatic rings. The zero-order chi connectivity index (χ0) is 12.8. The van der Waals surface area contributed by atoms with Gasteiger partial charge in [0.25, 0.3) is 0 Å². The molecule has 0 aliphatic carbocycles. The number of carbonyl (C=O) groups is 1. The first-order valence-electron chi connectivity index (χ1n) is 6.83. The second kappa shape index (κ2) is 6.97. The average molecular weight is 241 g/mol. The molecule has 17 heavy (non-hydrogen) atoms. The van der Waals surface area contributed by atoms with Gasteiger partial charge in [0.15, 0.2) is 0 Å². The lowest BCUT2D eigenvalue weighted by Gasteiger charge is -2.37. The predicted octanol–water partition coefficient (Wildman–Crippen LogP) is 0.973. The first-order chi connectivity index (χ1) is 8.06. The number of piperidine rings is 1. The Bertz CT molecular complexity index is 237. The van der Waals surface area contributed by atoms with Gasteiger partial charge in [-0.25, -0.2) is 0 Å². The molecular formula is C13H27N3O. The molecule has 0 spiro atoms. The number of hydrogen-bond donors (Lipinski definition) is 2. The van der Waals surface area contributed by atoms with Crippen LogP contribution in [-0.2, 0) is 4.79 Å². The Labute approximate surface area is 105 Å². The van der Waals surface area contributed by atoms with Gasteiger partial charge in [0.1, 0.15) is 0 Å². The maximum Gasteiger partial charge on any atom is 0.237 e. The highest BCUT2D eigenvalue weighted by Gasteiger charge is 2.27. The van der Waals surface area contributed by atoms with Gasteiger partial charge < -0.3 is 10.6 Å². The first-order valence-corrected chi connectivity index (χ1v) is 6.83. The van der Waals surface area contributed by atoms with Crippen LogP contribution in [0, 0.1) is 0 Å². The zero-order valence-electron chi connectivity index (χ0n) is 11.6. The van der Waals surface area contributed by atoms with E-state index in [-0.39, 0.29) is 18.0 Å². The van der Waals surface area contributed by atoms with Crippen molar-refractivity contribution in [2.45, 2.75) is 58.7 Å². The van der Waals surface area contributed by atoms with E-state index in [0.717, 1.165) is 32.5 Å². The molecule has 2 N–H and O–H groups in total. The maximum absolute atomic E-state index is 12.0.